The number of nitrogens with one attached hydrogen (secondary N) is 1. The van der Waals surface area contributed by atoms with Crippen LogP contribution in [0.5, 0.6) is 0 Å². The number of carbonyl (C=O) groups is 1. The van der Waals surface area contributed by atoms with Crippen molar-refractivity contribution in [3.05, 3.63) is 40.7 Å². The van der Waals surface area contributed by atoms with Gasteiger partial charge in [0.15, 0.2) is 0 Å². The molecule has 6 nitrogen and oxygen atoms in total. The molecule has 3 N–H and O–H groups in total. The van der Waals surface area contributed by atoms with Gasteiger partial charge in [0, 0.05) is 11.6 Å². The molecule has 0 unspecified atom stereocenters. The number of alkyl halides is 3. The smallest absolute Gasteiger partial charge is 0.355 e. The minimum Gasteiger partial charge on any atom is -0.355 e. The van der Waals surface area contributed by atoms with Crippen molar-refractivity contribution < 1.29 is 18.0 Å². The van der Waals surface area contributed by atoms with Crippen LogP contribution in [0, 0.1) is 0 Å². The van der Waals surface area contributed by atoms with Gasteiger partial charge < -0.3 is 11.2 Å². The number of rotatable bonds is 6. The Morgan fingerprint density at radius 1 is 1.29 bits per heavy atom. The minimum absolute atomic E-state index is 0.117. The molecule has 0 aliphatic heterocycles. The summed E-state index contributed by atoms with van der Waals surface area (Å²) in [6.07, 6.45) is -4.08. The van der Waals surface area contributed by atoms with Gasteiger partial charge in [-0.2, -0.15) is 13.2 Å². The summed E-state index contributed by atoms with van der Waals surface area (Å²) >= 11 is 6.55. The van der Waals surface area contributed by atoms with Crippen LogP contribution >= 0.6 is 23.4 Å². The Hall–Kier alpha value is -1.94. The zero-order chi connectivity index (χ0) is 17.7. The van der Waals surface area contributed by atoms with Crippen molar-refractivity contribution in [3.63, 3.8) is 0 Å². The number of nitrogens with zero attached hydrogens (tertiary/aromatic N) is 3. The lowest BCUT2D eigenvalue weighted by atomic mass is 10.1. The van der Waals surface area contributed by atoms with Gasteiger partial charge in [-0.15, -0.1) is 10.2 Å². The van der Waals surface area contributed by atoms with E-state index in [1.54, 1.807) is 12.1 Å². The number of thioether (sulfide) groups is 1. The summed E-state index contributed by atoms with van der Waals surface area (Å²) in [5.41, 5.74) is 1.00. The first-order valence-corrected chi connectivity index (χ1v) is 8.05. The molecule has 0 radical (unpaired) electrons. The molecule has 24 heavy (non-hydrogen) atoms. The van der Waals surface area contributed by atoms with Crippen LogP contribution in [0.25, 0.3) is 0 Å². The minimum atomic E-state index is -4.69. The molecule has 130 valence electrons. The van der Waals surface area contributed by atoms with Crippen molar-refractivity contribution in [2.24, 2.45) is 0 Å². The predicted molar refractivity (Wildman–Crippen MR) is 84.1 cm³/mol. The fraction of sp³-hybridized carbons (Fsp3) is 0.308. The van der Waals surface area contributed by atoms with Crippen molar-refractivity contribution >= 4 is 29.3 Å². The first kappa shape index (κ1) is 18.4. The normalized spacial score (nSPS) is 11.5. The van der Waals surface area contributed by atoms with Crippen LogP contribution in [0.2, 0.25) is 5.02 Å². The lowest BCUT2D eigenvalue weighted by Crippen LogP contribution is -2.27. The second-order valence-corrected chi connectivity index (χ2v) is 6.07. The van der Waals surface area contributed by atoms with E-state index >= 15 is 0 Å². The monoisotopic (exact) mass is 379 g/mol. The number of aromatic nitrogens is 3. The van der Waals surface area contributed by atoms with Crippen molar-refractivity contribution in [3.8, 4) is 0 Å². The van der Waals surface area contributed by atoms with Gasteiger partial charge in [0.2, 0.25) is 11.1 Å². The van der Waals surface area contributed by atoms with E-state index in [0.29, 0.717) is 22.7 Å². The summed E-state index contributed by atoms with van der Waals surface area (Å²) in [6.45, 7) is 0.393. The van der Waals surface area contributed by atoms with E-state index in [4.69, 9.17) is 17.4 Å². The highest BCUT2D eigenvalue weighted by Gasteiger charge is 2.38. The number of hydrogen-bond acceptors (Lipinski definition) is 5. The Kier molecular flexibility index (Phi) is 5.94. The van der Waals surface area contributed by atoms with Gasteiger partial charge in [-0.05, 0) is 24.1 Å². The molecule has 1 amide bonds. The first-order chi connectivity index (χ1) is 11.3. The molecule has 11 heteroatoms. The van der Waals surface area contributed by atoms with Crippen molar-refractivity contribution in [1.82, 2.24) is 20.2 Å². The Balaban J connectivity index is 1.77. The van der Waals surface area contributed by atoms with Crippen LogP contribution in [-0.2, 0) is 17.4 Å². The van der Waals surface area contributed by atoms with E-state index in [1.165, 1.54) is 0 Å². The third-order valence-corrected chi connectivity index (χ3v) is 4.09. The summed E-state index contributed by atoms with van der Waals surface area (Å²) in [4.78, 5) is 11.7. The second kappa shape index (κ2) is 7.75. The molecule has 0 atom stereocenters. The number of hydrogen-bond donors (Lipinski definition) is 2. The highest BCUT2D eigenvalue weighted by molar-refractivity contribution is 7.99. The molecule has 0 saturated heterocycles. The van der Waals surface area contributed by atoms with Gasteiger partial charge in [0.05, 0.1) is 5.75 Å². The van der Waals surface area contributed by atoms with E-state index in [1.807, 2.05) is 12.1 Å². The predicted octanol–water partition coefficient (Wildman–Crippen LogP) is 2.12. The molecule has 0 aliphatic carbocycles. The van der Waals surface area contributed by atoms with Crippen LogP contribution in [0.15, 0.2) is 29.4 Å². The number of nitrogen functional groups attached to an aromatic ring is 1. The Morgan fingerprint density at radius 2 is 1.96 bits per heavy atom. The molecule has 2 aromatic rings. The summed E-state index contributed by atoms with van der Waals surface area (Å²) < 4.78 is 37.9. The molecule has 1 heterocycles. The van der Waals surface area contributed by atoms with Gasteiger partial charge in [-0.3, -0.25) is 4.79 Å². The first-order valence-electron chi connectivity index (χ1n) is 6.69. The quantitative estimate of drug-likeness (QED) is 0.593. The topological polar surface area (TPSA) is 85.8 Å². The van der Waals surface area contributed by atoms with Crippen LogP contribution in [0.1, 0.15) is 11.4 Å². The third-order valence-electron chi connectivity index (χ3n) is 2.90. The lowest BCUT2D eigenvalue weighted by Gasteiger charge is -2.07. The Labute approximate surface area is 144 Å². The van der Waals surface area contributed by atoms with Gasteiger partial charge in [0.1, 0.15) is 0 Å². The Morgan fingerprint density at radius 3 is 2.54 bits per heavy atom. The van der Waals surface area contributed by atoms with Gasteiger partial charge in [0.25, 0.3) is 5.82 Å². The maximum absolute atomic E-state index is 12.5. The molecule has 0 spiro atoms. The van der Waals surface area contributed by atoms with Gasteiger partial charge in [-0.25, -0.2) is 4.68 Å². The standard InChI is InChI=1S/C13H13ClF3N5OS/c14-9-3-1-8(2-4-9)5-6-19-10(23)7-24-12-21-20-11(22(12)18)13(15,16)17/h1-4H,5-7,18H2,(H,19,23). The fourth-order valence-electron chi connectivity index (χ4n) is 1.75. The van der Waals surface area contributed by atoms with E-state index in [-0.39, 0.29) is 16.8 Å². The van der Waals surface area contributed by atoms with Crippen LogP contribution in [-0.4, -0.2) is 33.1 Å². The summed E-state index contributed by atoms with van der Waals surface area (Å²) in [6, 6.07) is 7.19. The van der Waals surface area contributed by atoms with Gasteiger partial charge >= 0.3 is 6.18 Å². The second-order valence-electron chi connectivity index (χ2n) is 4.69. The number of benzene rings is 1. The van der Waals surface area contributed by atoms with Crippen molar-refractivity contribution in [2.45, 2.75) is 17.8 Å². The zero-order valence-corrected chi connectivity index (χ0v) is 13.8. The lowest BCUT2D eigenvalue weighted by molar-refractivity contribution is -0.146. The SMILES string of the molecule is Nn1c(SCC(=O)NCCc2ccc(Cl)cc2)nnc1C(F)(F)F. The molecule has 0 bridgehead atoms. The summed E-state index contributed by atoms with van der Waals surface area (Å²) in [5.74, 6) is 3.50. The van der Waals surface area contributed by atoms with Crippen LogP contribution in [0.3, 0.4) is 0 Å². The molecular formula is C13H13ClF3N5OS. The maximum Gasteiger partial charge on any atom is 0.453 e. The number of halogens is 4. The number of nitrogens with two attached hydrogens (primary N) is 1. The summed E-state index contributed by atoms with van der Waals surface area (Å²) in [7, 11) is 0. The van der Waals surface area contributed by atoms with Gasteiger partial charge in [-0.1, -0.05) is 35.5 Å². The van der Waals surface area contributed by atoms with Crippen molar-refractivity contribution in [2.75, 3.05) is 18.1 Å². The van der Waals surface area contributed by atoms with E-state index in [9.17, 15) is 18.0 Å². The zero-order valence-electron chi connectivity index (χ0n) is 12.2. The van der Waals surface area contributed by atoms with Crippen molar-refractivity contribution in [1.29, 1.82) is 0 Å². The highest BCUT2D eigenvalue weighted by Crippen LogP contribution is 2.28. The van der Waals surface area contributed by atoms with E-state index < -0.39 is 12.0 Å². The molecule has 2 rings (SSSR count). The number of carbonyl (C=O) groups excluding carboxylic acids is 1. The molecular weight excluding hydrogens is 367 g/mol. The van der Waals surface area contributed by atoms with Crippen LogP contribution < -0.4 is 11.2 Å². The van der Waals surface area contributed by atoms with E-state index in [0.717, 1.165) is 17.3 Å². The number of amides is 1. The molecule has 0 saturated carbocycles. The van der Waals surface area contributed by atoms with E-state index in [2.05, 4.69) is 15.5 Å². The highest BCUT2D eigenvalue weighted by atomic mass is 35.5. The molecule has 1 aromatic carbocycles. The molecule has 0 fully saturated rings. The fourth-order valence-corrected chi connectivity index (χ4v) is 2.56. The average molecular weight is 380 g/mol. The summed E-state index contributed by atoms with van der Waals surface area (Å²) in [5, 5.41) is 9.40. The Bertz CT molecular complexity index is 705. The largest absolute Gasteiger partial charge is 0.453 e. The van der Waals surface area contributed by atoms with Crippen LogP contribution in [0.4, 0.5) is 13.2 Å². The average Bonchev–Trinajstić information content (AvgIpc) is 2.88. The third kappa shape index (κ3) is 5.03. The molecule has 1 aromatic heterocycles. The molecule has 0 aliphatic rings. The maximum atomic E-state index is 12.5.